The minimum Gasteiger partial charge on any atom is -0.462 e. The van der Waals surface area contributed by atoms with E-state index in [0.717, 1.165) is 30.1 Å². The minimum absolute atomic E-state index is 0.226. The van der Waals surface area contributed by atoms with Crippen LogP contribution in [0.2, 0.25) is 5.02 Å². The summed E-state index contributed by atoms with van der Waals surface area (Å²) in [4.78, 5) is 12.7. The zero-order chi connectivity index (χ0) is 14.5. The molecule has 0 amide bonds. The Labute approximate surface area is 127 Å². The summed E-state index contributed by atoms with van der Waals surface area (Å²) in [6.07, 6.45) is 2.36. The van der Waals surface area contributed by atoms with E-state index < -0.39 is 5.97 Å². The third-order valence-corrected chi connectivity index (χ3v) is 4.68. The van der Waals surface area contributed by atoms with Crippen molar-refractivity contribution < 1.29 is 14.3 Å². The number of esters is 1. The maximum atomic E-state index is 12.0. The molecular formula is C14H18ClNO3S. The van der Waals surface area contributed by atoms with E-state index in [-0.39, 0.29) is 6.10 Å². The van der Waals surface area contributed by atoms with Crippen molar-refractivity contribution in [2.75, 3.05) is 24.7 Å². The summed E-state index contributed by atoms with van der Waals surface area (Å²) in [5.74, 6) is 0.382. The molecule has 20 heavy (non-hydrogen) atoms. The van der Waals surface area contributed by atoms with Crippen LogP contribution in [0.1, 0.15) is 30.1 Å². The highest BCUT2D eigenvalue weighted by Crippen LogP contribution is 2.35. The third kappa shape index (κ3) is 3.81. The van der Waals surface area contributed by atoms with Crippen molar-refractivity contribution in [1.29, 1.82) is 0 Å². The average molecular weight is 316 g/mol. The molecule has 1 fully saturated rings. The van der Waals surface area contributed by atoms with Gasteiger partial charge in [0, 0.05) is 22.9 Å². The second-order valence-electron chi connectivity index (χ2n) is 4.55. The minimum atomic E-state index is -0.392. The van der Waals surface area contributed by atoms with E-state index in [1.54, 1.807) is 19.1 Å². The normalized spacial score (nSPS) is 18.2. The lowest BCUT2D eigenvalue weighted by Gasteiger charge is -2.14. The molecule has 2 rings (SSSR count). The van der Waals surface area contributed by atoms with Crippen molar-refractivity contribution >= 4 is 35.0 Å². The van der Waals surface area contributed by atoms with Crippen LogP contribution in [0.15, 0.2) is 17.0 Å². The first-order valence-corrected chi connectivity index (χ1v) is 7.98. The van der Waals surface area contributed by atoms with Gasteiger partial charge in [-0.15, -0.1) is 11.8 Å². The zero-order valence-electron chi connectivity index (χ0n) is 11.4. The molecule has 0 spiro atoms. The number of benzene rings is 1. The molecule has 0 aromatic heterocycles. The highest BCUT2D eigenvalue weighted by atomic mass is 35.5. The van der Waals surface area contributed by atoms with Crippen LogP contribution in [0.25, 0.3) is 0 Å². The number of nitrogen functional groups attached to an aromatic ring is 1. The number of nitrogens with two attached hydrogens (primary N) is 1. The first-order chi connectivity index (χ1) is 9.61. The number of hydrogen-bond acceptors (Lipinski definition) is 5. The Balaban J connectivity index is 2.17. The van der Waals surface area contributed by atoms with Crippen LogP contribution in [0.5, 0.6) is 0 Å². The van der Waals surface area contributed by atoms with E-state index in [9.17, 15) is 4.79 Å². The fourth-order valence-electron chi connectivity index (χ4n) is 2.07. The molecule has 1 aliphatic heterocycles. The van der Waals surface area contributed by atoms with Crippen molar-refractivity contribution in [2.45, 2.75) is 30.8 Å². The summed E-state index contributed by atoms with van der Waals surface area (Å²) in [6, 6.07) is 3.27. The largest absolute Gasteiger partial charge is 0.462 e. The van der Waals surface area contributed by atoms with E-state index in [4.69, 9.17) is 26.8 Å². The number of ether oxygens (including phenoxy) is 2. The quantitative estimate of drug-likeness (QED) is 0.513. The van der Waals surface area contributed by atoms with Crippen LogP contribution >= 0.6 is 23.4 Å². The number of anilines is 1. The molecule has 1 saturated heterocycles. The molecule has 110 valence electrons. The van der Waals surface area contributed by atoms with Gasteiger partial charge in [0.25, 0.3) is 0 Å². The number of hydrogen-bond donors (Lipinski definition) is 1. The summed E-state index contributed by atoms with van der Waals surface area (Å²) in [7, 11) is 0. The fraction of sp³-hybridized carbons (Fsp3) is 0.500. The van der Waals surface area contributed by atoms with Gasteiger partial charge in [-0.25, -0.2) is 4.79 Å². The SMILES string of the molecule is CCOC(=O)c1cc(N)cc(Cl)c1SCC1CCCO1. The smallest absolute Gasteiger partial charge is 0.339 e. The van der Waals surface area contributed by atoms with Crippen LogP contribution in [0.4, 0.5) is 5.69 Å². The molecule has 1 aromatic rings. The zero-order valence-corrected chi connectivity index (χ0v) is 12.9. The van der Waals surface area contributed by atoms with Gasteiger partial charge >= 0.3 is 5.97 Å². The Morgan fingerprint density at radius 1 is 1.60 bits per heavy atom. The lowest BCUT2D eigenvalue weighted by molar-refractivity contribution is 0.0522. The standard InChI is InChI=1S/C14H18ClNO3S/c1-2-18-14(17)11-6-9(16)7-12(15)13(11)20-8-10-4-3-5-19-10/h6-7,10H,2-5,8,16H2,1H3. The van der Waals surface area contributed by atoms with Crippen molar-refractivity contribution in [3.63, 3.8) is 0 Å². The van der Waals surface area contributed by atoms with E-state index in [1.165, 1.54) is 11.8 Å². The van der Waals surface area contributed by atoms with Gasteiger partial charge in [0.1, 0.15) is 0 Å². The number of carbonyl (C=O) groups is 1. The van der Waals surface area contributed by atoms with Gasteiger partial charge in [-0.05, 0) is 31.9 Å². The molecule has 0 aliphatic carbocycles. The second kappa shape index (κ2) is 7.20. The second-order valence-corrected chi connectivity index (χ2v) is 5.98. The molecule has 1 heterocycles. The monoisotopic (exact) mass is 315 g/mol. The first kappa shape index (κ1) is 15.5. The van der Waals surface area contributed by atoms with Crippen molar-refractivity contribution in [2.24, 2.45) is 0 Å². The van der Waals surface area contributed by atoms with Gasteiger partial charge in [-0.2, -0.15) is 0 Å². The Morgan fingerprint density at radius 3 is 3.05 bits per heavy atom. The third-order valence-electron chi connectivity index (χ3n) is 3.00. The van der Waals surface area contributed by atoms with Crippen LogP contribution in [-0.4, -0.2) is 31.0 Å². The molecule has 4 nitrogen and oxygen atoms in total. The molecule has 1 aliphatic rings. The summed E-state index contributed by atoms with van der Waals surface area (Å²) in [5.41, 5.74) is 6.64. The van der Waals surface area contributed by atoms with Crippen molar-refractivity contribution in [3.05, 3.63) is 22.7 Å². The Morgan fingerprint density at radius 2 is 2.40 bits per heavy atom. The Bertz CT molecular complexity index is 490. The molecule has 1 atom stereocenters. The highest BCUT2D eigenvalue weighted by Gasteiger charge is 2.21. The van der Waals surface area contributed by atoms with Gasteiger partial charge in [0.2, 0.25) is 0 Å². The van der Waals surface area contributed by atoms with Gasteiger partial charge in [-0.3, -0.25) is 0 Å². The number of halogens is 1. The van der Waals surface area contributed by atoms with Crippen LogP contribution in [0.3, 0.4) is 0 Å². The maximum absolute atomic E-state index is 12.0. The van der Waals surface area contributed by atoms with Crippen LogP contribution in [-0.2, 0) is 9.47 Å². The van der Waals surface area contributed by atoms with Gasteiger partial charge < -0.3 is 15.2 Å². The van der Waals surface area contributed by atoms with Crippen LogP contribution in [0, 0.1) is 0 Å². The summed E-state index contributed by atoms with van der Waals surface area (Å²) in [5, 5.41) is 0.482. The Hall–Kier alpha value is -0.910. The lowest BCUT2D eigenvalue weighted by Crippen LogP contribution is -2.11. The van der Waals surface area contributed by atoms with E-state index in [1.807, 2.05) is 0 Å². The van der Waals surface area contributed by atoms with Gasteiger partial charge in [0.05, 0.1) is 23.3 Å². The summed E-state index contributed by atoms with van der Waals surface area (Å²) < 4.78 is 10.6. The summed E-state index contributed by atoms with van der Waals surface area (Å²) >= 11 is 7.74. The number of thioether (sulfide) groups is 1. The summed E-state index contributed by atoms with van der Waals surface area (Å²) in [6.45, 7) is 2.90. The lowest BCUT2D eigenvalue weighted by atomic mass is 10.2. The molecular weight excluding hydrogens is 298 g/mol. The molecule has 0 bridgehead atoms. The number of carbonyl (C=O) groups excluding carboxylic acids is 1. The van der Waals surface area contributed by atoms with Crippen LogP contribution < -0.4 is 5.73 Å². The molecule has 1 unspecified atom stereocenters. The molecule has 1 aromatic carbocycles. The number of rotatable bonds is 5. The molecule has 6 heteroatoms. The fourth-order valence-corrected chi connectivity index (χ4v) is 3.58. The Kier molecular flexibility index (Phi) is 5.57. The van der Waals surface area contributed by atoms with Gasteiger partial charge in [-0.1, -0.05) is 11.6 Å². The van der Waals surface area contributed by atoms with E-state index in [2.05, 4.69) is 0 Å². The molecule has 0 saturated carbocycles. The van der Waals surface area contributed by atoms with E-state index >= 15 is 0 Å². The van der Waals surface area contributed by atoms with Gasteiger partial charge in [0.15, 0.2) is 0 Å². The maximum Gasteiger partial charge on any atom is 0.339 e. The average Bonchev–Trinajstić information content (AvgIpc) is 2.90. The predicted octanol–water partition coefficient (Wildman–Crippen LogP) is 3.37. The van der Waals surface area contributed by atoms with E-state index in [0.29, 0.717) is 22.9 Å². The van der Waals surface area contributed by atoms with Crippen molar-refractivity contribution in [1.82, 2.24) is 0 Å². The highest BCUT2D eigenvalue weighted by molar-refractivity contribution is 7.99. The first-order valence-electron chi connectivity index (χ1n) is 6.62. The van der Waals surface area contributed by atoms with Crippen molar-refractivity contribution in [3.8, 4) is 0 Å². The predicted molar refractivity (Wildman–Crippen MR) is 81.5 cm³/mol. The topological polar surface area (TPSA) is 61.5 Å². The molecule has 2 N–H and O–H groups in total. The molecule has 0 radical (unpaired) electrons.